The fourth-order valence-corrected chi connectivity index (χ4v) is 3.95. The topological polar surface area (TPSA) is 86.5 Å². The van der Waals surface area contributed by atoms with E-state index in [1.165, 1.54) is 0 Å². The van der Waals surface area contributed by atoms with Gasteiger partial charge in [-0.05, 0) is 78.4 Å². The van der Waals surface area contributed by atoms with Crippen LogP contribution in [0.4, 0.5) is 9.59 Å². The molecule has 0 radical (unpaired) electrons. The van der Waals surface area contributed by atoms with Crippen LogP contribution in [0.2, 0.25) is 0 Å². The van der Waals surface area contributed by atoms with Gasteiger partial charge in [0.1, 0.15) is 23.3 Å². The Bertz CT molecular complexity index is 947. The molecule has 2 heterocycles. The molecule has 0 N–H and O–H groups in total. The fourth-order valence-electron chi connectivity index (χ4n) is 3.95. The van der Waals surface area contributed by atoms with Gasteiger partial charge >= 0.3 is 12.2 Å². The molecule has 0 spiro atoms. The lowest BCUT2D eigenvalue weighted by Gasteiger charge is -2.30. The van der Waals surface area contributed by atoms with Crippen molar-refractivity contribution in [2.75, 3.05) is 6.54 Å². The van der Waals surface area contributed by atoms with Crippen molar-refractivity contribution in [3.05, 3.63) is 42.6 Å². The predicted molar refractivity (Wildman–Crippen MR) is 130 cm³/mol. The Labute approximate surface area is 202 Å². The predicted octanol–water partition coefficient (Wildman–Crippen LogP) is 5.96. The molecule has 0 bridgehead atoms. The molecule has 2 aromatic rings. The summed E-state index contributed by atoms with van der Waals surface area (Å²) in [7, 11) is 0. The molecule has 1 aliphatic carbocycles. The third kappa shape index (κ3) is 7.30. The molecule has 1 saturated carbocycles. The third-order valence-electron chi connectivity index (χ3n) is 5.70. The van der Waals surface area contributed by atoms with Crippen LogP contribution in [0.1, 0.15) is 79.3 Å². The Hall–Kier alpha value is -2.90. The number of pyridine rings is 1. The molecule has 1 fully saturated rings. The SMILES string of the molecule is CC[C@H](C[C@H]1C[C@H]1c1cn(-c2ccccn2)cn1)CN(C(=O)OC(C)(C)C)C(=O)OC(C)(C)C. The van der Waals surface area contributed by atoms with Gasteiger partial charge in [0.05, 0.1) is 5.69 Å². The Morgan fingerprint density at radius 2 is 1.74 bits per heavy atom. The number of imide groups is 1. The maximum Gasteiger partial charge on any atom is 0.419 e. The smallest absolute Gasteiger partial charge is 0.419 e. The van der Waals surface area contributed by atoms with Gasteiger partial charge in [-0.15, -0.1) is 0 Å². The van der Waals surface area contributed by atoms with E-state index in [9.17, 15) is 9.59 Å². The highest BCUT2D eigenvalue weighted by Crippen LogP contribution is 2.50. The molecule has 8 nitrogen and oxygen atoms in total. The number of rotatable bonds is 7. The average molecular weight is 471 g/mol. The molecule has 0 saturated heterocycles. The molecule has 2 aromatic heterocycles. The van der Waals surface area contributed by atoms with Crippen molar-refractivity contribution in [2.24, 2.45) is 11.8 Å². The average Bonchev–Trinajstić information content (AvgIpc) is 3.31. The zero-order valence-corrected chi connectivity index (χ0v) is 21.4. The number of carbonyl (C=O) groups is 2. The molecule has 1 aliphatic rings. The van der Waals surface area contributed by atoms with Gasteiger partial charge in [0, 0.05) is 24.9 Å². The van der Waals surface area contributed by atoms with E-state index in [1.807, 2.05) is 29.0 Å². The first-order valence-corrected chi connectivity index (χ1v) is 12.0. The lowest BCUT2D eigenvalue weighted by molar-refractivity contribution is -0.00193. The van der Waals surface area contributed by atoms with E-state index >= 15 is 0 Å². The second kappa shape index (κ2) is 10.2. The van der Waals surface area contributed by atoms with E-state index in [4.69, 9.17) is 9.47 Å². The van der Waals surface area contributed by atoms with Crippen LogP contribution < -0.4 is 0 Å². The first-order chi connectivity index (χ1) is 15.9. The first kappa shape index (κ1) is 25.7. The summed E-state index contributed by atoms with van der Waals surface area (Å²) >= 11 is 0. The molecular weight excluding hydrogens is 432 g/mol. The van der Waals surface area contributed by atoms with E-state index in [1.54, 1.807) is 54.1 Å². The van der Waals surface area contributed by atoms with Crippen LogP contribution >= 0.6 is 0 Å². The summed E-state index contributed by atoms with van der Waals surface area (Å²) in [6.07, 6.45) is 7.08. The zero-order valence-electron chi connectivity index (χ0n) is 21.4. The Kier molecular flexibility index (Phi) is 7.68. The van der Waals surface area contributed by atoms with Crippen molar-refractivity contribution in [3.63, 3.8) is 0 Å². The second-order valence-electron chi connectivity index (χ2n) is 11.1. The van der Waals surface area contributed by atoms with E-state index in [0.717, 1.165) is 35.7 Å². The summed E-state index contributed by atoms with van der Waals surface area (Å²) in [4.78, 5) is 35.8. The summed E-state index contributed by atoms with van der Waals surface area (Å²) in [5.74, 6) is 1.84. The van der Waals surface area contributed by atoms with Crippen molar-refractivity contribution in [1.29, 1.82) is 0 Å². The first-order valence-electron chi connectivity index (χ1n) is 12.0. The number of amides is 2. The molecule has 34 heavy (non-hydrogen) atoms. The van der Waals surface area contributed by atoms with E-state index < -0.39 is 23.4 Å². The molecule has 3 atom stereocenters. The zero-order chi connectivity index (χ0) is 25.1. The Balaban J connectivity index is 1.64. The van der Waals surface area contributed by atoms with E-state index in [2.05, 4.69) is 16.9 Å². The van der Waals surface area contributed by atoms with Crippen LogP contribution in [0, 0.1) is 11.8 Å². The van der Waals surface area contributed by atoms with Crippen molar-refractivity contribution in [1.82, 2.24) is 19.4 Å². The van der Waals surface area contributed by atoms with Crippen molar-refractivity contribution < 1.29 is 19.1 Å². The van der Waals surface area contributed by atoms with Gasteiger partial charge in [0.2, 0.25) is 0 Å². The van der Waals surface area contributed by atoms with Gasteiger partial charge in [0.15, 0.2) is 0 Å². The monoisotopic (exact) mass is 470 g/mol. The van der Waals surface area contributed by atoms with Gasteiger partial charge in [-0.3, -0.25) is 4.57 Å². The molecule has 186 valence electrons. The third-order valence-corrected chi connectivity index (χ3v) is 5.70. The molecule has 0 aliphatic heterocycles. The van der Waals surface area contributed by atoms with Crippen molar-refractivity contribution in [3.8, 4) is 5.82 Å². The number of ether oxygens (including phenoxy) is 2. The molecule has 0 aromatic carbocycles. The van der Waals surface area contributed by atoms with Gasteiger partial charge < -0.3 is 9.47 Å². The number of aromatic nitrogens is 3. The fraction of sp³-hybridized carbons (Fsp3) is 0.615. The molecule has 2 amide bonds. The Morgan fingerprint density at radius 1 is 1.09 bits per heavy atom. The number of hydrogen-bond acceptors (Lipinski definition) is 6. The minimum absolute atomic E-state index is 0.146. The van der Waals surface area contributed by atoms with E-state index in [0.29, 0.717) is 11.8 Å². The summed E-state index contributed by atoms with van der Waals surface area (Å²) in [6.45, 7) is 13.1. The summed E-state index contributed by atoms with van der Waals surface area (Å²) in [5, 5.41) is 0. The molecule has 3 rings (SSSR count). The largest absolute Gasteiger partial charge is 0.443 e. The highest BCUT2D eigenvalue weighted by atomic mass is 16.6. The lowest BCUT2D eigenvalue weighted by Crippen LogP contribution is -2.45. The van der Waals surface area contributed by atoms with Crippen LogP contribution in [0.3, 0.4) is 0 Å². The summed E-state index contributed by atoms with van der Waals surface area (Å²) in [6, 6.07) is 5.79. The Morgan fingerprint density at radius 3 is 2.26 bits per heavy atom. The molecular formula is C26H38N4O4. The quantitative estimate of drug-likeness (QED) is 0.496. The van der Waals surface area contributed by atoms with Crippen LogP contribution in [-0.4, -0.2) is 49.4 Å². The normalized spacial score (nSPS) is 18.8. The van der Waals surface area contributed by atoms with Crippen molar-refractivity contribution >= 4 is 12.2 Å². The lowest BCUT2D eigenvalue weighted by atomic mass is 9.97. The van der Waals surface area contributed by atoms with Crippen LogP contribution in [0.25, 0.3) is 5.82 Å². The minimum atomic E-state index is -0.701. The van der Waals surface area contributed by atoms with E-state index in [-0.39, 0.29) is 12.5 Å². The van der Waals surface area contributed by atoms with Gasteiger partial charge in [-0.1, -0.05) is 19.4 Å². The van der Waals surface area contributed by atoms with Gasteiger partial charge in [0.25, 0.3) is 0 Å². The van der Waals surface area contributed by atoms with Gasteiger partial charge in [-0.2, -0.15) is 0 Å². The highest BCUT2D eigenvalue weighted by molar-refractivity contribution is 5.88. The van der Waals surface area contributed by atoms with Crippen LogP contribution in [0.5, 0.6) is 0 Å². The standard InChI is InChI=1S/C26H38N4O4/c1-8-18(15-30(23(31)33-25(2,3)4)24(32)34-26(5,6)7)13-19-14-20(19)21-16-29(17-28-21)22-11-9-10-12-27-22/h9-12,16-20H,8,13-15H2,1-7H3/t18-,19+,20-/m1/s1. The maximum absolute atomic E-state index is 12.8. The summed E-state index contributed by atoms with van der Waals surface area (Å²) < 4.78 is 12.9. The number of carbonyl (C=O) groups excluding carboxylic acids is 2. The van der Waals surface area contributed by atoms with Crippen molar-refractivity contribution in [2.45, 2.75) is 84.8 Å². The van der Waals surface area contributed by atoms with Crippen LogP contribution in [-0.2, 0) is 9.47 Å². The summed E-state index contributed by atoms with van der Waals surface area (Å²) in [5.41, 5.74) is -0.346. The van der Waals surface area contributed by atoms with Gasteiger partial charge in [-0.25, -0.2) is 24.5 Å². The maximum atomic E-state index is 12.8. The molecule has 8 heteroatoms. The molecule has 0 unspecified atom stereocenters. The number of hydrogen-bond donors (Lipinski definition) is 0. The minimum Gasteiger partial charge on any atom is -0.443 e. The number of imidazole rings is 1. The highest BCUT2D eigenvalue weighted by Gasteiger charge is 2.42. The second-order valence-corrected chi connectivity index (χ2v) is 11.1. The van der Waals surface area contributed by atoms with Crippen LogP contribution in [0.15, 0.2) is 36.9 Å². The number of nitrogens with zero attached hydrogens (tertiary/aromatic N) is 4.